The van der Waals surface area contributed by atoms with E-state index in [4.69, 9.17) is 9.98 Å². The first kappa shape index (κ1) is 35.5. The van der Waals surface area contributed by atoms with Gasteiger partial charge in [0.25, 0.3) is 0 Å². The zero-order valence-corrected chi connectivity index (χ0v) is 35.3. The molecular formula is C59H36N4S. The third-order valence-corrected chi connectivity index (χ3v) is 14.6. The summed E-state index contributed by atoms with van der Waals surface area (Å²) in [5.74, 6) is 1.49. The summed E-state index contributed by atoms with van der Waals surface area (Å²) in [6.07, 6.45) is -0.386. The molecular weight excluding hydrogens is 797 g/mol. The van der Waals surface area contributed by atoms with Crippen molar-refractivity contribution in [2.45, 2.75) is 6.17 Å². The topological polar surface area (TPSA) is 41.7 Å². The number of para-hydroxylation sites is 1. The highest BCUT2D eigenvalue weighted by Crippen LogP contribution is 2.43. The SMILES string of the molecule is c1ccc2cc3c(cc2c1)c1ccccc1n3-c1cc(C2=NC(c3ccc4c(ccc5ccccc54)c3)NC(c3ccc4c(ccc5ccccc54)c3)=N2)cc2c1sc1ccccc12. The molecule has 298 valence electrons. The maximum Gasteiger partial charge on any atom is 0.159 e. The van der Waals surface area contributed by atoms with E-state index in [1.54, 1.807) is 0 Å². The molecule has 0 spiro atoms. The minimum atomic E-state index is -0.386. The van der Waals surface area contributed by atoms with Gasteiger partial charge in [0.15, 0.2) is 5.84 Å². The predicted molar refractivity (Wildman–Crippen MR) is 273 cm³/mol. The average Bonchev–Trinajstić information content (AvgIpc) is 3.90. The Morgan fingerprint density at radius 3 is 1.80 bits per heavy atom. The number of thiophene rings is 1. The molecule has 2 aromatic heterocycles. The number of benzene rings is 11. The Balaban J connectivity index is 1.02. The van der Waals surface area contributed by atoms with E-state index in [0.29, 0.717) is 5.84 Å². The first-order chi connectivity index (χ1) is 31.7. The molecule has 5 heteroatoms. The molecule has 64 heavy (non-hydrogen) atoms. The molecule has 0 aliphatic carbocycles. The molecule has 0 bridgehead atoms. The quantitative estimate of drug-likeness (QED) is 0.176. The van der Waals surface area contributed by atoms with Crippen LogP contribution in [-0.2, 0) is 0 Å². The zero-order valence-electron chi connectivity index (χ0n) is 34.5. The average molecular weight is 833 g/mol. The van der Waals surface area contributed by atoms with Crippen molar-refractivity contribution in [1.82, 2.24) is 9.88 Å². The van der Waals surface area contributed by atoms with Crippen molar-refractivity contribution in [2.24, 2.45) is 9.98 Å². The standard InChI is InChI=1S/C59H36N4S/c1-2-14-38-33-53-50(31-37(38)13-1)48-17-7-9-19-52(48)63(53)54-34-43(32-51-49-18-8-10-20-55(49)64-56(51)54)59-61-57(41-25-27-46-39(29-41)23-21-35-11-3-5-15-44(35)46)60-58(62-59)42-26-28-47-40(30-42)24-22-36-12-4-6-16-45(36)47/h1-34,57H,(H,60,61,62). The van der Waals surface area contributed by atoms with Crippen molar-refractivity contribution in [3.8, 4) is 5.69 Å². The van der Waals surface area contributed by atoms with Gasteiger partial charge in [0.05, 0.1) is 21.4 Å². The number of hydrogen-bond donors (Lipinski definition) is 1. The Kier molecular flexibility index (Phi) is 7.59. The number of nitrogens with zero attached hydrogens (tertiary/aromatic N) is 3. The Bertz CT molecular complexity index is 4190. The lowest BCUT2D eigenvalue weighted by Gasteiger charge is -2.24. The Labute approximate surface area is 371 Å². The van der Waals surface area contributed by atoms with Crippen molar-refractivity contribution in [1.29, 1.82) is 0 Å². The van der Waals surface area contributed by atoms with Crippen LogP contribution in [0.1, 0.15) is 22.9 Å². The molecule has 13 aromatic rings. The van der Waals surface area contributed by atoms with Gasteiger partial charge in [-0.3, -0.25) is 0 Å². The molecule has 1 atom stereocenters. The first-order valence-electron chi connectivity index (χ1n) is 21.8. The molecule has 4 nitrogen and oxygen atoms in total. The molecule has 1 unspecified atom stereocenters. The van der Waals surface area contributed by atoms with E-state index in [0.717, 1.165) is 28.2 Å². The molecule has 1 aliphatic rings. The van der Waals surface area contributed by atoms with Gasteiger partial charge in [-0.2, -0.15) is 0 Å². The van der Waals surface area contributed by atoms with E-state index < -0.39 is 0 Å². The summed E-state index contributed by atoms with van der Waals surface area (Å²) in [5, 5.41) is 21.0. The predicted octanol–water partition coefficient (Wildman–Crippen LogP) is 15.4. The van der Waals surface area contributed by atoms with Gasteiger partial charge >= 0.3 is 0 Å². The zero-order chi connectivity index (χ0) is 41.9. The largest absolute Gasteiger partial charge is 0.344 e. The van der Waals surface area contributed by atoms with Gasteiger partial charge in [0.2, 0.25) is 0 Å². The highest BCUT2D eigenvalue weighted by Gasteiger charge is 2.25. The molecule has 0 fully saturated rings. The van der Waals surface area contributed by atoms with Gasteiger partial charge < -0.3 is 9.88 Å². The maximum atomic E-state index is 5.54. The van der Waals surface area contributed by atoms with Crippen LogP contribution in [0.3, 0.4) is 0 Å². The lowest BCUT2D eigenvalue weighted by molar-refractivity contribution is 0.675. The third kappa shape index (κ3) is 5.41. The fraction of sp³-hybridized carbons (Fsp3) is 0.0169. The number of aromatic nitrogens is 1. The Hall–Kier alpha value is -8.12. The summed E-state index contributed by atoms with van der Waals surface area (Å²) < 4.78 is 4.96. The van der Waals surface area contributed by atoms with Gasteiger partial charge in [-0.1, -0.05) is 158 Å². The normalized spacial score (nSPS) is 14.4. The van der Waals surface area contributed by atoms with Crippen LogP contribution in [0.5, 0.6) is 0 Å². The van der Waals surface area contributed by atoms with Crippen LogP contribution in [0.15, 0.2) is 216 Å². The van der Waals surface area contributed by atoms with Crippen LogP contribution in [-0.4, -0.2) is 16.2 Å². The Morgan fingerprint density at radius 1 is 0.406 bits per heavy atom. The van der Waals surface area contributed by atoms with Crippen molar-refractivity contribution >= 4 is 119 Å². The van der Waals surface area contributed by atoms with Gasteiger partial charge in [-0.05, 0) is 108 Å². The molecule has 1 N–H and O–H groups in total. The molecule has 0 amide bonds. The summed E-state index contributed by atoms with van der Waals surface area (Å²) in [7, 11) is 0. The molecule has 1 aliphatic heterocycles. The van der Waals surface area contributed by atoms with E-state index in [1.165, 1.54) is 95.8 Å². The summed E-state index contributed by atoms with van der Waals surface area (Å²) in [4.78, 5) is 11.0. The fourth-order valence-corrected chi connectivity index (χ4v) is 11.5. The van der Waals surface area contributed by atoms with Crippen molar-refractivity contribution < 1.29 is 0 Å². The number of amidine groups is 2. The third-order valence-electron chi connectivity index (χ3n) is 13.3. The number of hydrogen-bond acceptors (Lipinski definition) is 4. The molecule has 11 aromatic carbocycles. The van der Waals surface area contributed by atoms with Crippen LogP contribution >= 0.6 is 11.3 Å². The van der Waals surface area contributed by atoms with Crippen molar-refractivity contribution in [3.05, 3.63) is 223 Å². The minimum Gasteiger partial charge on any atom is -0.344 e. The van der Waals surface area contributed by atoms with Crippen LogP contribution < -0.4 is 5.32 Å². The van der Waals surface area contributed by atoms with Crippen LogP contribution in [0, 0.1) is 0 Å². The Morgan fingerprint density at radius 2 is 1.02 bits per heavy atom. The van der Waals surface area contributed by atoms with E-state index >= 15 is 0 Å². The van der Waals surface area contributed by atoms with E-state index in [9.17, 15) is 0 Å². The molecule has 0 saturated carbocycles. The van der Waals surface area contributed by atoms with Gasteiger partial charge in [0, 0.05) is 37.4 Å². The van der Waals surface area contributed by atoms with E-state index in [1.807, 2.05) is 11.3 Å². The lowest BCUT2D eigenvalue weighted by Crippen LogP contribution is -2.33. The second kappa shape index (κ2) is 13.7. The first-order valence-corrected chi connectivity index (χ1v) is 22.6. The molecule has 14 rings (SSSR count). The minimum absolute atomic E-state index is 0.386. The summed E-state index contributed by atoms with van der Waals surface area (Å²) in [6.45, 7) is 0. The second-order valence-electron chi connectivity index (χ2n) is 17.0. The van der Waals surface area contributed by atoms with Gasteiger partial charge in [-0.25, -0.2) is 9.98 Å². The van der Waals surface area contributed by atoms with Crippen LogP contribution in [0.25, 0.3) is 102 Å². The summed E-state index contributed by atoms with van der Waals surface area (Å²) in [6, 6.07) is 75.2. The monoisotopic (exact) mass is 832 g/mol. The van der Waals surface area contributed by atoms with Crippen molar-refractivity contribution in [2.75, 3.05) is 0 Å². The summed E-state index contributed by atoms with van der Waals surface area (Å²) >= 11 is 1.85. The van der Waals surface area contributed by atoms with Gasteiger partial charge in [-0.15, -0.1) is 11.3 Å². The second-order valence-corrected chi connectivity index (χ2v) is 18.0. The summed E-state index contributed by atoms with van der Waals surface area (Å²) in [5.41, 5.74) is 6.54. The number of rotatable bonds is 4. The molecule has 3 heterocycles. The molecule has 0 saturated heterocycles. The van der Waals surface area contributed by atoms with E-state index in [2.05, 4.69) is 216 Å². The highest BCUT2D eigenvalue weighted by atomic mass is 32.1. The number of aliphatic imine (C=N–C) groups is 2. The number of nitrogens with one attached hydrogen (secondary N) is 1. The fourth-order valence-electron chi connectivity index (χ4n) is 10.3. The van der Waals surface area contributed by atoms with Crippen molar-refractivity contribution in [3.63, 3.8) is 0 Å². The van der Waals surface area contributed by atoms with Gasteiger partial charge in [0.1, 0.15) is 12.0 Å². The van der Waals surface area contributed by atoms with E-state index in [-0.39, 0.29) is 6.17 Å². The molecule has 0 radical (unpaired) electrons. The lowest BCUT2D eigenvalue weighted by atomic mass is 9.98. The van der Waals surface area contributed by atoms with Crippen LogP contribution in [0.2, 0.25) is 0 Å². The highest BCUT2D eigenvalue weighted by molar-refractivity contribution is 7.26. The number of fused-ring (bicyclic) bond motifs is 13. The maximum absolute atomic E-state index is 5.54. The van der Waals surface area contributed by atoms with Crippen LogP contribution in [0.4, 0.5) is 0 Å². The smallest absolute Gasteiger partial charge is 0.159 e.